The van der Waals surface area contributed by atoms with Gasteiger partial charge in [-0.05, 0) is 108 Å². The Bertz CT molecular complexity index is 2820. The number of nitrogens with one attached hydrogen (secondary N) is 10. The third kappa shape index (κ3) is 29.3. The van der Waals surface area contributed by atoms with E-state index < -0.39 is 102 Å². The molecule has 2 saturated heterocycles. The van der Waals surface area contributed by atoms with Gasteiger partial charge in [0.05, 0.1) is 62.8 Å². The van der Waals surface area contributed by atoms with Gasteiger partial charge < -0.3 is 106 Å². The van der Waals surface area contributed by atoms with Crippen LogP contribution in [-0.2, 0) is 76.7 Å². The van der Waals surface area contributed by atoms with Gasteiger partial charge in [-0.3, -0.25) is 52.8 Å². The number of fused-ring (bicyclic) bond motifs is 3. The number of carboxylic acid groups (broad SMARTS) is 1. The van der Waals surface area contributed by atoms with E-state index in [9.17, 15) is 63.3 Å². The first-order valence-corrected chi connectivity index (χ1v) is 33.5. The first-order valence-electron chi connectivity index (χ1n) is 32.5. The van der Waals surface area contributed by atoms with Gasteiger partial charge in [0.2, 0.25) is 47.3 Å². The number of ether oxygens (including phenoxy) is 3. The van der Waals surface area contributed by atoms with Crippen molar-refractivity contribution in [1.29, 1.82) is 0 Å². The molecule has 2 unspecified atom stereocenters. The number of guanidine groups is 1. The maximum absolute atomic E-state index is 14.4. The number of aliphatic imine (C=N–C) groups is 1. The number of aromatic nitrogens is 3. The maximum Gasteiger partial charge on any atom is 0.315 e. The number of hydrogen-bond acceptors (Lipinski definition) is 21. The zero-order valence-electron chi connectivity index (χ0n) is 53.9. The zero-order valence-corrected chi connectivity index (χ0v) is 54.7. The standard InChI is InChI=1S/C60H98N18O16S/c1-36(79)50-58(90)70-43(13-8-21-67-59(63)64)54(86)68-41(53(85)66-23-10-26-93-28-30-94-29-27-92-25-9-22-65-48(81)15-3-2-14-47-51-46(35-95-47)73-60(91)75-51)12-5-7-24-78-34-38(76-77-78)32-40(62)52(84)71-44(31-37-16-18-39(80)19-17-37)56(88)72-45(33-49(82)83)57(89)69-42(55(87)74-50)11-4-6-20-61/h16-19,34,36,40-47,50-51,79-80H,2-15,20-33,35,61-62H2,1H3,(H,65,81)(H,66,85)(H,68,86)(H,69,89)(H,70,90)(H,71,84)(H,72,88)(H,74,87)(H,82,83)(H4,63,64,67)(H2,73,75,91)/t36?,40-,41-,42-,43-,44-,45-,46+,47?,50-,51+/m0/s1. The summed E-state index contributed by atoms with van der Waals surface area (Å²) in [5, 5.41) is 66.4. The highest BCUT2D eigenvalue weighted by Crippen LogP contribution is 2.33. The minimum absolute atomic E-state index is 0.00160. The van der Waals surface area contributed by atoms with Crippen LogP contribution in [0.4, 0.5) is 4.79 Å². The summed E-state index contributed by atoms with van der Waals surface area (Å²) in [4.78, 5) is 139. The van der Waals surface area contributed by atoms with Crippen LogP contribution in [0.25, 0.3) is 0 Å². The molecule has 10 amide bonds. The SMILES string of the molecule is CC(O)[C@@H]1NC(=O)[C@H](CCCCN)NC(=O)[C@H](CC(=O)O)NC(=O)[C@H](Cc2ccc(O)cc2)NC(=O)[C@@H](N)Cc2cn(nn2)CCCC[C@@H](C(=O)NCCCOCCOCCOCCCNC(=O)CCCCC2SC[C@H]3NC(=O)N[C@@H]23)NC(=O)[C@H](CCCN=C(N)N)NC1=O. The summed E-state index contributed by atoms with van der Waals surface area (Å²) < 4.78 is 18.5. The second-order valence-electron chi connectivity index (χ2n) is 23.6. The number of benzene rings is 1. The fraction of sp³-hybridized carbons (Fsp3) is 0.683. The number of hydrogen-bond donors (Lipinski definition) is 17. The van der Waals surface area contributed by atoms with Crippen molar-refractivity contribution in [3.63, 3.8) is 0 Å². The Balaban J connectivity index is 1.19. The topological polar surface area (TPSA) is 527 Å². The molecular formula is C60H98N18O16S. The zero-order chi connectivity index (χ0) is 69.1. The molecule has 0 radical (unpaired) electrons. The number of aliphatic hydroxyl groups excluding tert-OH is 1. The van der Waals surface area contributed by atoms with Crippen LogP contribution in [0.15, 0.2) is 35.5 Å². The van der Waals surface area contributed by atoms with E-state index in [4.69, 9.17) is 37.1 Å². The molecule has 2 aromatic rings. The number of aromatic hydroxyl groups is 1. The van der Waals surface area contributed by atoms with E-state index in [0.29, 0.717) is 81.4 Å². The molecule has 1 aromatic carbocycles. The van der Waals surface area contributed by atoms with E-state index in [1.807, 2.05) is 11.8 Å². The smallest absolute Gasteiger partial charge is 0.315 e. The Morgan fingerprint density at radius 1 is 0.716 bits per heavy atom. The van der Waals surface area contributed by atoms with Gasteiger partial charge >= 0.3 is 12.0 Å². The molecule has 0 saturated carbocycles. The highest BCUT2D eigenvalue weighted by Gasteiger charge is 2.43. The van der Waals surface area contributed by atoms with Crippen LogP contribution in [0.3, 0.4) is 0 Å². The second-order valence-corrected chi connectivity index (χ2v) is 24.8. The largest absolute Gasteiger partial charge is 0.508 e. The average molecular weight is 1360 g/mol. The van der Waals surface area contributed by atoms with Crippen LogP contribution in [0.2, 0.25) is 0 Å². The monoisotopic (exact) mass is 1360 g/mol. The first-order chi connectivity index (χ1) is 45.6. The van der Waals surface area contributed by atoms with E-state index in [2.05, 4.69) is 68.5 Å². The van der Waals surface area contributed by atoms with Crippen molar-refractivity contribution in [3.8, 4) is 5.75 Å². The average Bonchev–Trinajstić information content (AvgIpc) is 1.70. The molecule has 35 heteroatoms. The molecule has 2 fully saturated rings. The Kier molecular flexibility index (Phi) is 34.8. The quantitative estimate of drug-likeness (QED) is 0.0140. The van der Waals surface area contributed by atoms with E-state index in [-0.39, 0.29) is 127 Å². The Morgan fingerprint density at radius 2 is 1.33 bits per heavy atom. The lowest BCUT2D eigenvalue weighted by Crippen LogP contribution is -2.62. The molecule has 2 bridgehead atoms. The molecule has 3 aliphatic rings. The molecule has 11 atom stereocenters. The number of amides is 10. The molecule has 530 valence electrons. The van der Waals surface area contributed by atoms with E-state index in [1.165, 1.54) is 35.9 Å². The number of nitrogens with two attached hydrogens (primary N) is 4. The van der Waals surface area contributed by atoms with E-state index >= 15 is 0 Å². The third-order valence-corrected chi connectivity index (χ3v) is 17.2. The minimum Gasteiger partial charge on any atom is -0.508 e. The van der Waals surface area contributed by atoms with Crippen LogP contribution in [-0.4, -0.2) is 233 Å². The number of phenolic OH excluding ortho intramolecular Hbond substituents is 1. The summed E-state index contributed by atoms with van der Waals surface area (Å²) in [7, 11) is 0. The number of rotatable bonds is 33. The van der Waals surface area contributed by atoms with Crippen LogP contribution >= 0.6 is 11.8 Å². The third-order valence-electron chi connectivity index (χ3n) is 15.7. The molecule has 1 aromatic heterocycles. The first kappa shape index (κ1) is 77.7. The molecule has 3 aliphatic heterocycles. The van der Waals surface area contributed by atoms with Crippen molar-refractivity contribution in [2.75, 3.05) is 71.6 Å². The highest BCUT2D eigenvalue weighted by atomic mass is 32.2. The molecular weight excluding hydrogens is 1260 g/mol. The van der Waals surface area contributed by atoms with E-state index in [1.54, 1.807) is 6.20 Å². The van der Waals surface area contributed by atoms with Gasteiger partial charge in [0.25, 0.3) is 0 Å². The summed E-state index contributed by atoms with van der Waals surface area (Å²) in [6.07, 6.45) is 3.99. The molecule has 0 spiro atoms. The predicted octanol–water partition coefficient (Wildman–Crippen LogP) is -3.98. The highest BCUT2D eigenvalue weighted by molar-refractivity contribution is 8.00. The van der Waals surface area contributed by atoms with E-state index in [0.717, 1.165) is 25.0 Å². The van der Waals surface area contributed by atoms with Crippen molar-refractivity contribution < 1.29 is 77.5 Å². The number of thioether (sulfide) groups is 1. The maximum atomic E-state index is 14.4. The van der Waals surface area contributed by atoms with Gasteiger partial charge in [0, 0.05) is 75.9 Å². The van der Waals surface area contributed by atoms with Crippen LogP contribution in [0, 0.1) is 0 Å². The molecule has 5 rings (SSSR count). The lowest BCUT2D eigenvalue weighted by Gasteiger charge is -2.28. The summed E-state index contributed by atoms with van der Waals surface area (Å²) in [5.41, 5.74) is 23.9. The summed E-state index contributed by atoms with van der Waals surface area (Å²) >= 11 is 1.86. The number of aliphatic hydroxyl groups is 1. The van der Waals surface area contributed by atoms with Gasteiger partial charge in [0.15, 0.2) is 5.96 Å². The van der Waals surface area contributed by atoms with Crippen molar-refractivity contribution in [2.45, 2.75) is 188 Å². The number of phenols is 1. The van der Waals surface area contributed by atoms with Crippen LogP contribution in [0.5, 0.6) is 5.75 Å². The van der Waals surface area contributed by atoms with Gasteiger partial charge in [-0.1, -0.05) is 23.8 Å². The number of carbonyl (C=O) groups is 10. The molecule has 34 nitrogen and oxygen atoms in total. The molecule has 4 heterocycles. The number of carbonyl (C=O) groups excluding carboxylic acids is 9. The fourth-order valence-corrected chi connectivity index (χ4v) is 12.1. The van der Waals surface area contributed by atoms with Gasteiger partial charge in [-0.2, -0.15) is 11.8 Å². The molecule has 0 aliphatic carbocycles. The van der Waals surface area contributed by atoms with Crippen molar-refractivity contribution >= 4 is 77.0 Å². The van der Waals surface area contributed by atoms with Crippen molar-refractivity contribution in [2.24, 2.45) is 27.9 Å². The van der Waals surface area contributed by atoms with Gasteiger partial charge in [0.1, 0.15) is 42.0 Å². The number of aryl methyl sites for hydroxylation is 1. The van der Waals surface area contributed by atoms with Crippen LogP contribution < -0.4 is 76.1 Å². The fourth-order valence-electron chi connectivity index (χ4n) is 10.6. The predicted molar refractivity (Wildman–Crippen MR) is 347 cm³/mol. The summed E-state index contributed by atoms with van der Waals surface area (Å²) in [6.45, 7) is 4.25. The van der Waals surface area contributed by atoms with Crippen LogP contribution in [0.1, 0.15) is 114 Å². The number of unbranched alkanes of at least 4 members (excludes halogenated alkanes) is 2. The number of nitrogens with zero attached hydrogens (tertiary/aromatic N) is 4. The number of aliphatic carboxylic acids is 1. The Morgan fingerprint density at radius 3 is 2.00 bits per heavy atom. The Hall–Kier alpha value is -7.96. The molecule has 21 N–H and O–H groups in total. The van der Waals surface area contributed by atoms with Crippen molar-refractivity contribution in [1.82, 2.24) is 68.2 Å². The second kappa shape index (κ2) is 42.5. The summed E-state index contributed by atoms with van der Waals surface area (Å²) in [6, 6.07) is -4.61. The van der Waals surface area contributed by atoms with Gasteiger partial charge in [-0.25, -0.2) is 4.79 Å². The van der Waals surface area contributed by atoms with Gasteiger partial charge in [-0.15, -0.1) is 5.10 Å². The Labute approximate surface area is 555 Å². The normalized spacial score (nSPS) is 23.8. The number of urea groups is 1. The minimum atomic E-state index is -1.86. The lowest BCUT2D eigenvalue weighted by molar-refractivity contribution is -0.141. The van der Waals surface area contributed by atoms with Crippen molar-refractivity contribution in [3.05, 3.63) is 41.7 Å². The number of carboxylic acids is 1. The molecule has 95 heavy (non-hydrogen) atoms. The summed E-state index contributed by atoms with van der Waals surface area (Å²) in [5.74, 6) is -7.36. The lowest BCUT2D eigenvalue weighted by atomic mass is 10.0.